The van der Waals surface area contributed by atoms with E-state index in [2.05, 4.69) is 15.0 Å². The van der Waals surface area contributed by atoms with E-state index in [0.29, 0.717) is 41.6 Å². The molecule has 3 N–H and O–H groups in total. The minimum absolute atomic E-state index is 0.0950. The molecule has 26 heavy (non-hydrogen) atoms. The molecule has 138 valence electrons. The maximum atomic E-state index is 9.37. The highest BCUT2D eigenvalue weighted by Gasteiger charge is 2.18. The van der Waals surface area contributed by atoms with Gasteiger partial charge in [-0.05, 0) is 18.6 Å². The van der Waals surface area contributed by atoms with E-state index in [-0.39, 0.29) is 18.4 Å². The van der Waals surface area contributed by atoms with Crippen LogP contribution in [-0.4, -0.2) is 45.5 Å². The second-order valence-electron chi connectivity index (χ2n) is 5.49. The second kappa shape index (κ2) is 7.44. The van der Waals surface area contributed by atoms with Crippen LogP contribution in [-0.2, 0) is 13.2 Å². The molecule has 2 aromatic heterocycles. The molecule has 0 radical (unpaired) electrons. The smallest absolute Gasteiger partial charge is 0.320 e. The zero-order chi connectivity index (χ0) is 18.7. The van der Waals surface area contributed by atoms with Crippen molar-refractivity contribution >= 4 is 17.0 Å². The van der Waals surface area contributed by atoms with Crippen LogP contribution in [0.1, 0.15) is 18.1 Å². The number of nitrogens with zero attached hydrogens (tertiary/aromatic N) is 4. The predicted octanol–water partition coefficient (Wildman–Crippen LogP) is 1.36. The number of aliphatic hydroxyl groups is 1. The van der Waals surface area contributed by atoms with Crippen LogP contribution in [0.15, 0.2) is 18.2 Å². The van der Waals surface area contributed by atoms with Gasteiger partial charge in [0.15, 0.2) is 17.0 Å². The first-order chi connectivity index (χ1) is 12.6. The highest BCUT2D eigenvalue weighted by Crippen LogP contribution is 2.27. The van der Waals surface area contributed by atoms with E-state index in [4.69, 9.17) is 19.9 Å². The molecule has 0 saturated heterocycles. The highest BCUT2D eigenvalue weighted by molar-refractivity contribution is 5.83. The molecular formula is C17H21N5O4. The quantitative estimate of drug-likeness (QED) is 0.649. The molecule has 3 rings (SSSR count). The lowest BCUT2D eigenvalue weighted by Gasteiger charge is -2.11. The molecule has 3 aromatic rings. The Balaban J connectivity index is 2.08. The van der Waals surface area contributed by atoms with Crippen LogP contribution < -0.4 is 19.9 Å². The maximum absolute atomic E-state index is 9.37. The summed E-state index contributed by atoms with van der Waals surface area (Å²) in [5, 5.41) is 9.37. The van der Waals surface area contributed by atoms with Crippen LogP contribution in [0, 0.1) is 0 Å². The standard InChI is InChI=1S/C17H21N5O4/c1-4-26-16-20-14(18)13-15(21-16)22(17(19-13)25-3)8-10-5-6-11(9-23)12(7-10)24-2/h5-7,23H,4,8-9H2,1-3H3,(H2,18,20,21). The van der Waals surface area contributed by atoms with E-state index in [0.717, 1.165) is 5.56 Å². The van der Waals surface area contributed by atoms with Crippen LogP contribution >= 0.6 is 0 Å². The van der Waals surface area contributed by atoms with Crippen molar-refractivity contribution in [3.63, 3.8) is 0 Å². The lowest BCUT2D eigenvalue weighted by atomic mass is 10.1. The van der Waals surface area contributed by atoms with Gasteiger partial charge < -0.3 is 25.1 Å². The summed E-state index contributed by atoms with van der Waals surface area (Å²) in [4.78, 5) is 12.9. The van der Waals surface area contributed by atoms with Crippen LogP contribution in [0.5, 0.6) is 17.8 Å². The molecule has 9 nitrogen and oxygen atoms in total. The van der Waals surface area contributed by atoms with Crippen molar-refractivity contribution in [2.75, 3.05) is 26.6 Å². The Morgan fingerprint density at radius 2 is 1.96 bits per heavy atom. The molecule has 2 heterocycles. The minimum atomic E-state index is -0.0950. The Labute approximate surface area is 150 Å². The summed E-state index contributed by atoms with van der Waals surface area (Å²) < 4.78 is 17.9. The van der Waals surface area contributed by atoms with Crippen molar-refractivity contribution in [1.29, 1.82) is 0 Å². The summed E-state index contributed by atoms with van der Waals surface area (Å²) in [7, 11) is 3.09. The average Bonchev–Trinajstić information content (AvgIpc) is 3.00. The summed E-state index contributed by atoms with van der Waals surface area (Å²) >= 11 is 0. The van der Waals surface area contributed by atoms with E-state index >= 15 is 0 Å². The largest absolute Gasteiger partial charge is 0.496 e. The van der Waals surface area contributed by atoms with Crippen LogP contribution in [0.25, 0.3) is 11.2 Å². The number of methoxy groups -OCH3 is 2. The molecule has 0 fully saturated rings. The predicted molar refractivity (Wildman–Crippen MR) is 95.5 cm³/mol. The normalized spacial score (nSPS) is 10.9. The van der Waals surface area contributed by atoms with Gasteiger partial charge in [0.2, 0.25) is 0 Å². The fraction of sp³-hybridized carbons (Fsp3) is 0.353. The number of anilines is 1. The van der Waals surface area contributed by atoms with Gasteiger partial charge in [0.25, 0.3) is 6.01 Å². The van der Waals surface area contributed by atoms with Gasteiger partial charge in [0, 0.05) is 5.56 Å². The fourth-order valence-electron chi connectivity index (χ4n) is 2.67. The number of hydrogen-bond acceptors (Lipinski definition) is 8. The van der Waals surface area contributed by atoms with Gasteiger partial charge in [-0.3, -0.25) is 4.57 Å². The number of imidazole rings is 1. The third kappa shape index (κ3) is 3.21. The lowest BCUT2D eigenvalue weighted by Crippen LogP contribution is -2.06. The Morgan fingerprint density at radius 1 is 1.15 bits per heavy atom. The van der Waals surface area contributed by atoms with Crippen molar-refractivity contribution in [2.45, 2.75) is 20.1 Å². The molecule has 0 unspecified atom stereocenters. The lowest BCUT2D eigenvalue weighted by molar-refractivity contribution is 0.273. The molecule has 0 bridgehead atoms. The molecule has 0 spiro atoms. The maximum Gasteiger partial charge on any atom is 0.320 e. The Morgan fingerprint density at radius 3 is 2.62 bits per heavy atom. The second-order valence-corrected chi connectivity index (χ2v) is 5.49. The first-order valence-electron chi connectivity index (χ1n) is 8.08. The van der Waals surface area contributed by atoms with E-state index < -0.39 is 0 Å². The number of benzene rings is 1. The monoisotopic (exact) mass is 359 g/mol. The molecule has 0 aliphatic heterocycles. The third-order valence-electron chi connectivity index (χ3n) is 3.88. The highest BCUT2D eigenvalue weighted by atomic mass is 16.5. The van der Waals surface area contributed by atoms with Gasteiger partial charge in [-0.25, -0.2) is 0 Å². The topological polar surface area (TPSA) is 118 Å². The molecular weight excluding hydrogens is 338 g/mol. The van der Waals surface area contributed by atoms with Gasteiger partial charge in [-0.15, -0.1) is 0 Å². The third-order valence-corrected chi connectivity index (χ3v) is 3.88. The Bertz CT molecular complexity index is 925. The molecule has 0 aliphatic carbocycles. The van der Waals surface area contributed by atoms with Crippen molar-refractivity contribution in [2.24, 2.45) is 0 Å². The van der Waals surface area contributed by atoms with E-state index in [9.17, 15) is 5.11 Å². The molecule has 0 aliphatic rings. The molecule has 0 saturated carbocycles. The first-order valence-corrected chi connectivity index (χ1v) is 8.08. The molecule has 9 heteroatoms. The number of nitrogens with two attached hydrogens (primary N) is 1. The first kappa shape index (κ1) is 17.7. The van der Waals surface area contributed by atoms with Gasteiger partial charge in [-0.1, -0.05) is 12.1 Å². The summed E-state index contributed by atoms with van der Waals surface area (Å²) in [6.07, 6.45) is 0. The van der Waals surface area contributed by atoms with Crippen LogP contribution in [0.4, 0.5) is 5.82 Å². The zero-order valence-electron chi connectivity index (χ0n) is 14.9. The molecule has 1 aromatic carbocycles. The summed E-state index contributed by atoms with van der Waals surface area (Å²) in [6.45, 7) is 2.60. The van der Waals surface area contributed by atoms with Crippen LogP contribution in [0.2, 0.25) is 0 Å². The number of rotatable bonds is 7. The SMILES string of the molecule is CCOc1nc(N)c2nc(OC)n(Cc3ccc(CO)c(OC)c3)c2n1. The minimum Gasteiger partial charge on any atom is -0.496 e. The van der Waals surface area contributed by atoms with E-state index in [1.54, 1.807) is 11.7 Å². The molecule has 0 atom stereocenters. The van der Waals surface area contributed by atoms with E-state index in [1.807, 2.05) is 25.1 Å². The molecule has 0 amide bonds. The summed E-state index contributed by atoms with van der Waals surface area (Å²) in [6, 6.07) is 6.11. The number of nitrogen functional groups attached to an aromatic ring is 1. The Hall–Kier alpha value is -3.07. The average molecular weight is 359 g/mol. The van der Waals surface area contributed by atoms with Gasteiger partial charge >= 0.3 is 6.01 Å². The summed E-state index contributed by atoms with van der Waals surface area (Å²) in [5.41, 5.74) is 8.59. The fourth-order valence-corrected chi connectivity index (χ4v) is 2.67. The van der Waals surface area contributed by atoms with Gasteiger partial charge in [-0.2, -0.15) is 15.0 Å². The zero-order valence-corrected chi connectivity index (χ0v) is 14.9. The number of aromatic nitrogens is 4. The number of aliphatic hydroxyl groups excluding tert-OH is 1. The number of fused-ring (bicyclic) bond motifs is 1. The number of hydrogen-bond donors (Lipinski definition) is 2. The van der Waals surface area contributed by atoms with Crippen molar-refractivity contribution in [3.8, 4) is 17.8 Å². The Kier molecular flexibility index (Phi) is 5.08. The van der Waals surface area contributed by atoms with Crippen molar-refractivity contribution < 1.29 is 19.3 Å². The van der Waals surface area contributed by atoms with E-state index in [1.165, 1.54) is 7.11 Å². The van der Waals surface area contributed by atoms with Gasteiger partial charge in [0.05, 0.1) is 34.0 Å². The summed E-state index contributed by atoms with van der Waals surface area (Å²) in [5.74, 6) is 0.834. The van der Waals surface area contributed by atoms with Gasteiger partial charge in [0.1, 0.15) is 5.75 Å². The number of ether oxygens (including phenoxy) is 3. The van der Waals surface area contributed by atoms with Crippen LogP contribution in [0.3, 0.4) is 0 Å². The van der Waals surface area contributed by atoms with Crippen molar-refractivity contribution in [1.82, 2.24) is 19.5 Å². The van der Waals surface area contributed by atoms with Crippen molar-refractivity contribution in [3.05, 3.63) is 29.3 Å².